The molecule has 1 amide bonds. The van der Waals surface area contributed by atoms with Gasteiger partial charge in [-0.3, -0.25) is 10.1 Å². The van der Waals surface area contributed by atoms with Crippen LogP contribution >= 0.6 is 0 Å². The van der Waals surface area contributed by atoms with Gasteiger partial charge in [-0.1, -0.05) is 0 Å². The van der Waals surface area contributed by atoms with Crippen molar-refractivity contribution in [3.05, 3.63) is 0 Å². The second kappa shape index (κ2) is 3.18. The van der Waals surface area contributed by atoms with Crippen LogP contribution in [0, 0.1) is 11.5 Å². The normalized spacial score (nSPS) is 23.7. The van der Waals surface area contributed by atoms with Gasteiger partial charge in [0.05, 0.1) is 6.04 Å². The fraction of sp³-hybridized carbons (Fsp3) is 0.667. The maximum absolute atomic E-state index is 10.8. The second-order valence-corrected chi connectivity index (χ2v) is 2.25. The minimum atomic E-state index is -0.208. The molecule has 1 unspecified atom stereocenters. The van der Waals surface area contributed by atoms with E-state index in [0.717, 1.165) is 19.4 Å². The van der Waals surface area contributed by atoms with Crippen LogP contribution in [0.4, 0.5) is 0 Å². The molecule has 1 rings (SSSR count). The minimum absolute atomic E-state index is 0.139. The van der Waals surface area contributed by atoms with Crippen molar-refractivity contribution in [2.24, 2.45) is 0 Å². The van der Waals surface area contributed by atoms with E-state index in [0.29, 0.717) is 0 Å². The molecule has 0 bridgehead atoms. The van der Waals surface area contributed by atoms with E-state index in [1.54, 1.807) is 6.19 Å². The van der Waals surface area contributed by atoms with E-state index in [2.05, 4.69) is 10.6 Å². The van der Waals surface area contributed by atoms with E-state index in [1.807, 2.05) is 0 Å². The molecule has 0 aromatic heterocycles. The summed E-state index contributed by atoms with van der Waals surface area (Å²) in [6, 6.07) is -0.139. The number of hydrogen-bond acceptors (Lipinski definition) is 3. The van der Waals surface area contributed by atoms with E-state index in [9.17, 15) is 4.79 Å². The number of rotatable bonds is 1. The van der Waals surface area contributed by atoms with Crippen LogP contribution in [0.3, 0.4) is 0 Å². The van der Waals surface area contributed by atoms with Gasteiger partial charge >= 0.3 is 0 Å². The molecule has 4 nitrogen and oxygen atoms in total. The van der Waals surface area contributed by atoms with Gasteiger partial charge < -0.3 is 5.32 Å². The highest BCUT2D eigenvalue weighted by Crippen LogP contribution is 2.03. The highest BCUT2D eigenvalue weighted by molar-refractivity contribution is 5.83. The smallest absolute Gasteiger partial charge is 0.250 e. The first-order chi connectivity index (χ1) is 4.84. The lowest BCUT2D eigenvalue weighted by molar-refractivity contribution is -0.121. The number of carbonyl (C=O) groups is 1. The van der Waals surface area contributed by atoms with Gasteiger partial charge in [-0.05, 0) is 19.4 Å². The molecule has 0 aromatic carbocycles. The predicted molar refractivity (Wildman–Crippen MR) is 34.8 cm³/mol. The number of nitrogens with one attached hydrogen (secondary N) is 2. The molecule has 0 spiro atoms. The first kappa shape index (κ1) is 7.03. The fourth-order valence-electron chi connectivity index (χ4n) is 1.05. The molecule has 1 aliphatic rings. The Balaban J connectivity index is 2.34. The summed E-state index contributed by atoms with van der Waals surface area (Å²) in [6.07, 6.45) is 3.46. The van der Waals surface area contributed by atoms with Crippen molar-refractivity contribution in [1.29, 1.82) is 5.26 Å². The van der Waals surface area contributed by atoms with Gasteiger partial charge in [-0.2, -0.15) is 5.26 Å². The van der Waals surface area contributed by atoms with Crippen molar-refractivity contribution in [2.75, 3.05) is 6.54 Å². The number of nitrogens with zero attached hydrogens (tertiary/aromatic N) is 1. The van der Waals surface area contributed by atoms with E-state index in [-0.39, 0.29) is 11.9 Å². The molecule has 10 heavy (non-hydrogen) atoms. The van der Waals surface area contributed by atoms with Gasteiger partial charge in [0.25, 0.3) is 0 Å². The summed E-state index contributed by atoms with van der Waals surface area (Å²) in [5.74, 6) is -0.208. The maximum atomic E-state index is 10.8. The molecule has 1 fully saturated rings. The maximum Gasteiger partial charge on any atom is 0.250 e. The standard InChI is InChI=1S/C6H9N3O/c7-4-9-6(10)5-2-1-3-8-5/h5,8H,1-3H2,(H,9,10). The third kappa shape index (κ3) is 1.45. The summed E-state index contributed by atoms with van der Waals surface area (Å²) in [4.78, 5) is 10.8. The summed E-state index contributed by atoms with van der Waals surface area (Å²) in [5.41, 5.74) is 0. The van der Waals surface area contributed by atoms with E-state index in [1.165, 1.54) is 0 Å². The number of amides is 1. The molecular formula is C6H9N3O. The second-order valence-electron chi connectivity index (χ2n) is 2.25. The molecule has 4 heteroatoms. The molecule has 1 heterocycles. The molecule has 0 aliphatic carbocycles. The lowest BCUT2D eigenvalue weighted by atomic mass is 10.2. The van der Waals surface area contributed by atoms with Crippen LogP contribution in [-0.2, 0) is 4.79 Å². The molecule has 0 aromatic rings. The Morgan fingerprint density at radius 1 is 1.80 bits per heavy atom. The predicted octanol–water partition coefficient (Wildman–Crippen LogP) is -0.664. The van der Waals surface area contributed by atoms with E-state index >= 15 is 0 Å². The van der Waals surface area contributed by atoms with Crippen LogP contribution in [0.25, 0.3) is 0 Å². The zero-order chi connectivity index (χ0) is 7.40. The fourth-order valence-corrected chi connectivity index (χ4v) is 1.05. The first-order valence-electron chi connectivity index (χ1n) is 3.27. The Bertz CT molecular complexity index is 166. The number of hydrogen-bond donors (Lipinski definition) is 2. The number of nitriles is 1. The summed E-state index contributed by atoms with van der Waals surface area (Å²) in [5, 5.41) is 13.2. The van der Waals surface area contributed by atoms with Gasteiger partial charge in [-0.15, -0.1) is 0 Å². The SMILES string of the molecule is N#CNC(=O)C1CCCN1. The van der Waals surface area contributed by atoms with Crippen LogP contribution < -0.4 is 10.6 Å². The van der Waals surface area contributed by atoms with Crippen LogP contribution in [0.2, 0.25) is 0 Å². The van der Waals surface area contributed by atoms with Gasteiger partial charge in [0, 0.05) is 0 Å². The van der Waals surface area contributed by atoms with Gasteiger partial charge in [0.15, 0.2) is 6.19 Å². The molecule has 1 atom stereocenters. The third-order valence-corrected chi connectivity index (χ3v) is 1.56. The molecule has 1 saturated heterocycles. The summed E-state index contributed by atoms with van der Waals surface area (Å²) >= 11 is 0. The van der Waals surface area contributed by atoms with Crippen LogP contribution in [-0.4, -0.2) is 18.5 Å². The quantitative estimate of drug-likeness (QED) is 0.374. The van der Waals surface area contributed by atoms with Gasteiger partial charge in [-0.25, -0.2) is 0 Å². The Morgan fingerprint density at radius 3 is 3.10 bits per heavy atom. The Labute approximate surface area is 59.2 Å². The summed E-state index contributed by atoms with van der Waals surface area (Å²) in [6.45, 7) is 0.878. The van der Waals surface area contributed by atoms with Crippen molar-refractivity contribution in [2.45, 2.75) is 18.9 Å². The van der Waals surface area contributed by atoms with E-state index < -0.39 is 0 Å². The average molecular weight is 139 g/mol. The van der Waals surface area contributed by atoms with Crippen molar-refractivity contribution < 1.29 is 4.79 Å². The number of carbonyl (C=O) groups excluding carboxylic acids is 1. The zero-order valence-corrected chi connectivity index (χ0v) is 5.55. The van der Waals surface area contributed by atoms with Crippen molar-refractivity contribution >= 4 is 5.91 Å². The summed E-state index contributed by atoms with van der Waals surface area (Å²) in [7, 11) is 0. The summed E-state index contributed by atoms with van der Waals surface area (Å²) < 4.78 is 0. The van der Waals surface area contributed by atoms with Gasteiger partial charge in [0.2, 0.25) is 5.91 Å². The lowest BCUT2D eigenvalue weighted by Crippen LogP contribution is -2.38. The first-order valence-corrected chi connectivity index (χ1v) is 3.27. The highest BCUT2D eigenvalue weighted by atomic mass is 16.2. The molecular weight excluding hydrogens is 130 g/mol. The zero-order valence-electron chi connectivity index (χ0n) is 5.55. The van der Waals surface area contributed by atoms with Crippen LogP contribution in [0.1, 0.15) is 12.8 Å². The Morgan fingerprint density at radius 2 is 2.60 bits per heavy atom. The average Bonchev–Trinajstić information content (AvgIpc) is 2.38. The lowest BCUT2D eigenvalue weighted by Gasteiger charge is -2.04. The molecule has 2 N–H and O–H groups in total. The molecule has 0 saturated carbocycles. The largest absolute Gasteiger partial charge is 0.306 e. The van der Waals surface area contributed by atoms with Crippen LogP contribution in [0.15, 0.2) is 0 Å². The highest BCUT2D eigenvalue weighted by Gasteiger charge is 2.20. The van der Waals surface area contributed by atoms with Crippen molar-refractivity contribution in [1.82, 2.24) is 10.6 Å². The third-order valence-electron chi connectivity index (χ3n) is 1.56. The molecule has 1 aliphatic heterocycles. The van der Waals surface area contributed by atoms with Crippen molar-refractivity contribution in [3.63, 3.8) is 0 Å². The minimum Gasteiger partial charge on any atom is -0.306 e. The Hall–Kier alpha value is -1.08. The van der Waals surface area contributed by atoms with Crippen molar-refractivity contribution in [3.8, 4) is 6.19 Å². The van der Waals surface area contributed by atoms with Gasteiger partial charge in [0.1, 0.15) is 0 Å². The van der Waals surface area contributed by atoms with Crippen LogP contribution in [0.5, 0.6) is 0 Å². The Kier molecular flexibility index (Phi) is 2.24. The molecule has 54 valence electrons. The van der Waals surface area contributed by atoms with E-state index in [4.69, 9.17) is 5.26 Å². The molecule has 0 radical (unpaired) electrons. The topological polar surface area (TPSA) is 64.9 Å². The monoisotopic (exact) mass is 139 g/mol.